The van der Waals surface area contributed by atoms with Gasteiger partial charge in [0, 0.05) is 0 Å². The second-order valence-electron chi connectivity index (χ2n) is 6.06. The quantitative estimate of drug-likeness (QED) is 0.704. The largest absolute Gasteiger partial charge is 0.492 e. The van der Waals surface area contributed by atoms with Crippen molar-refractivity contribution in [2.45, 2.75) is 39.7 Å². The fraction of sp³-hybridized carbons (Fsp3) is 0.381. The fourth-order valence-electron chi connectivity index (χ4n) is 2.46. The van der Waals surface area contributed by atoms with E-state index in [1.165, 1.54) is 5.56 Å². The van der Waals surface area contributed by atoms with Gasteiger partial charge in [0.1, 0.15) is 18.1 Å². The molecule has 1 N–H and O–H groups in total. The zero-order chi connectivity index (χ0) is 18.1. The number of para-hydroxylation sites is 1. The molecule has 0 saturated carbocycles. The van der Waals surface area contributed by atoms with Crippen molar-refractivity contribution in [3.63, 3.8) is 0 Å². The number of benzene rings is 2. The number of carbonyl (C=O) groups excluding carboxylic acids is 1. The summed E-state index contributed by atoms with van der Waals surface area (Å²) >= 11 is 0. The summed E-state index contributed by atoms with van der Waals surface area (Å²) in [5.41, 5.74) is 2.32. The molecule has 4 heteroatoms. The molecule has 2 aromatic rings. The van der Waals surface area contributed by atoms with Gasteiger partial charge in [0.2, 0.25) is 0 Å². The molecule has 2 aromatic carbocycles. The summed E-state index contributed by atoms with van der Waals surface area (Å²) in [5, 5.41) is 2.84. The molecule has 1 atom stereocenters. The molecule has 0 aliphatic rings. The third kappa shape index (κ3) is 6.14. The van der Waals surface area contributed by atoms with Crippen molar-refractivity contribution in [1.82, 2.24) is 5.32 Å². The van der Waals surface area contributed by atoms with Gasteiger partial charge < -0.3 is 14.8 Å². The SMILES string of the molecule is CCCc1ccc(OCCNC(=O)C(C)Oc2ccccc2C)cc1. The summed E-state index contributed by atoms with van der Waals surface area (Å²) in [6.07, 6.45) is 1.67. The van der Waals surface area contributed by atoms with Crippen molar-refractivity contribution >= 4 is 5.91 Å². The molecule has 2 rings (SSSR count). The van der Waals surface area contributed by atoms with E-state index in [0.717, 1.165) is 29.9 Å². The van der Waals surface area contributed by atoms with Crippen LogP contribution in [0.15, 0.2) is 48.5 Å². The van der Waals surface area contributed by atoms with E-state index in [9.17, 15) is 4.79 Å². The number of aryl methyl sites for hydroxylation is 2. The molecule has 4 nitrogen and oxygen atoms in total. The van der Waals surface area contributed by atoms with E-state index in [2.05, 4.69) is 24.4 Å². The summed E-state index contributed by atoms with van der Waals surface area (Å²) in [5.74, 6) is 1.40. The van der Waals surface area contributed by atoms with E-state index >= 15 is 0 Å². The van der Waals surface area contributed by atoms with Gasteiger partial charge in [-0.2, -0.15) is 0 Å². The second-order valence-corrected chi connectivity index (χ2v) is 6.06. The highest BCUT2D eigenvalue weighted by Gasteiger charge is 2.14. The molecule has 0 fully saturated rings. The zero-order valence-corrected chi connectivity index (χ0v) is 15.2. The molecule has 0 heterocycles. The third-order valence-corrected chi connectivity index (χ3v) is 3.90. The maximum atomic E-state index is 12.1. The first-order valence-electron chi connectivity index (χ1n) is 8.82. The van der Waals surface area contributed by atoms with Crippen LogP contribution in [0.5, 0.6) is 11.5 Å². The van der Waals surface area contributed by atoms with E-state index in [4.69, 9.17) is 9.47 Å². The zero-order valence-electron chi connectivity index (χ0n) is 15.2. The average Bonchev–Trinajstić information content (AvgIpc) is 2.62. The van der Waals surface area contributed by atoms with E-state index < -0.39 is 6.10 Å². The third-order valence-electron chi connectivity index (χ3n) is 3.90. The summed E-state index contributed by atoms with van der Waals surface area (Å²) < 4.78 is 11.4. The average molecular weight is 341 g/mol. The van der Waals surface area contributed by atoms with Gasteiger partial charge in [0.15, 0.2) is 6.10 Å². The fourth-order valence-corrected chi connectivity index (χ4v) is 2.46. The van der Waals surface area contributed by atoms with E-state index in [1.807, 2.05) is 43.3 Å². The highest BCUT2D eigenvalue weighted by atomic mass is 16.5. The Morgan fingerprint density at radius 2 is 1.84 bits per heavy atom. The molecule has 1 amide bonds. The first-order valence-corrected chi connectivity index (χ1v) is 8.82. The van der Waals surface area contributed by atoms with Gasteiger partial charge in [0.25, 0.3) is 5.91 Å². The van der Waals surface area contributed by atoms with Crippen LogP contribution < -0.4 is 14.8 Å². The Kier molecular flexibility index (Phi) is 7.33. The molecule has 1 unspecified atom stereocenters. The van der Waals surface area contributed by atoms with Crippen molar-refractivity contribution in [1.29, 1.82) is 0 Å². The lowest BCUT2D eigenvalue weighted by Gasteiger charge is -2.16. The summed E-state index contributed by atoms with van der Waals surface area (Å²) in [6.45, 7) is 6.73. The van der Waals surface area contributed by atoms with Gasteiger partial charge in [0.05, 0.1) is 6.54 Å². The number of rotatable bonds is 9. The van der Waals surface area contributed by atoms with Crippen LogP contribution in [0.25, 0.3) is 0 Å². The van der Waals surface area contributed by atoms with Crippen LogP contribution in [0.4, 0.5) is 0 Å². The first-order chi connectivity index (χ1) is 12.1. The number of hydrogen-bond acceptors (Lipinski definition) is 3. The Bertz CT molecular complexity index is 667. The number of hydrogen-bond donors (Lipinski definition) is 1. The van der Waals surface area contributed by atoms with Gasteiger partial charge >= 0.3 is 0 Å². The van der Waals surface area contributed by atoms with Gasteiger partial charge in [-0.05, 0) is 49.6 Å². The van der Waals surface area contributed by atoms with Crippen LogP contribution in [-0.4, -0.2) is 25.2 Å². The van der Waals surface area contributed by atoms with Crippen molar-refractivity contribution in [3.05, 3.63) is 59.7 Å². The Labute approximate surface area is 150 Å². The Morgan fingerprint density at radius 1 is 1.12 bits per heavy atom. The van der Waals surface area contributed by atoms with E-state index in [1.54, 1.807) is 6.92 Å². The lowest BCUT2D eigenvalue weighted by molar-refractivity contribution is -0.127. The summed E-state index contributed by atoms with van der Waals surface area (Å²) in [6, 6.07) is 15.8. The predicted octanol–water partition coefficient (Wildman–Crippen LogP) is 3.91. The lowest BCUT2D eigenvalue weighted by Crippen LogP contribution is -2.38. The van der Waals surface area contributed by atoms with E-state index in [0.29, 0.717) is 13.2 Å². The highest BCUT2D eigenvalue weighted by Crippen LogP contribution is 2.17. The first kappa shape index (κ1) is 18.8. The molecule has 0 radical (unpaired) electrons. The van der Waals surface area contributed by atoms with Crippen LogP contribution in [0, 0.1) is 6.92 Å². The van der Waals surface area contributed by atoms with E-state index in [-0.39, 0.29) is 5.91 Å². The number of amides is 1. The van der Waals surface area contributed by atoms with Crippen LogP contribution in [0.3, 0.4) is 0 Å². The maximum absolute atomic E-state index is 12.1. The van der Waals surface area contributed by atoms with Crippen molar-refractivity contribution < 1.29 is 14.3 Å². The van der Waals surface area contributed by atoms with Crippen LogP contribution >= 0.6 is 0 Å². The number of ether oxygens (including phenoxy) is 2. The molecular weight excluding hydrogens is 314 g/mol. The lowest BCUT2D eigenvalue weighted by atomic mass is 10.1. The minimum Gasteiger partial charge on any atom is -0.492 e. The highest BCUT2D eigenvalue weighted by molar-refractivity contribution is 5.80. The molecular formula is C21H27NO3. The van der Waals surface area contributed by atoms with Gasteiger partial charge in [-0.15, -0.1) is 0 Å². The number of nitrogens with one attached hydrogen (secondary N) is 1. The van der Waals surface area contributed by atoms with Crippen LogP contribution in [0.2, 0.25) is 0 Å². The van der Waals surface area contributed by atoms with Crippen molar-refractivity contribution in [3.8, 4) is 11.5 Å². The second kappa shape index (κ2) is 9.72. The van der Waals surface area contributed by atoms with Crippen molar-refractivity contribution in [2.75, 3.05) is 13.2 Å². The van der Waals surface area contributed by atoms with Gasteiger partial charge in [-0.3, -0.25) is 4.79 Å². The van der Waals surface area contributed by atoms with Crippen LogP contribution in [0.1, 0.15) is 31.4 Å². The minimum atomic E-state index is -0.547. The Balaban J connectivity index is 1.70. The summed E-state index contributed by atoms with van der Waals surface area (Å²) in [7, 11) is 0. The standard InChI is InChI=1S/C21H27NO3/c1-4-7-18-10-12-19(13-11-18)24-15-14-22-21(23)17(3)25-20-9-6-5-8-16(20)2/h5-6,8-13,17H,4,7,14-15H2,1-3H3,(H,22,23). The van der Waals surface area contributed by atoms with Gasteiger partial charge in [-0.25, -0.2) is 0 Å². The number of carbonyl (C=O) groups is 1. The Morgan fingerprint density at radius 3 is 2.52 bits per heavy atom. The monoisotopic (exact) mass is 341 g/mol. The molecule has 0 spiro atoms. The molecule has 0 aliphatic carbocycles. The Hall–Kier alpha value is -2.49. The molecule has 0 bridgehead atoms. The summed E-state index contributed by atoms with van der Waals surface area (Å²) in [4.78, 5) is 12.1. The molecule has 0 saturated heterocycles. The molecule has 0 aromatic heterocycles. The van der Waals surface area contributed by atoms with Gasteiger partial charge in [-0.1, -0.05) is 43.7 Å². The normalized spacial score (nSPS) is 11.6. The smallest absolute Gasteiger partial charge is 0.260 e. The minimum absolute atomic E-state index is 0.148. The maximum Gasteiger partial charge on any atom is 0.260 e. The molecule has 25 heavy (non-hydrogen) atoms. The molecule has 0 aliphatic heterocycles. The molecule has 134 valence electrons. The predicted molar refractivity (Wildman–Crippen MR) is 100 cm³/mol. The van der Waals surface area contributed by atoms with Crippen LogP contribution in [-0.2, 0) is 11.2 Å². The van der Waals surface area contributed by atoms with Crippen molar-refractivity contribution in [2.24, 2.45) is 0 Å². The topological polar surface area (TPSA) is 47.6 Å².